The largest absolute Gasteiger partial charge is 0.418 e. The summed E-state index contributed by atoms with van der Waals surface area (Å²) in [5.74, 6) is -1.02. The molecule has 12 nitrogen and oxygen atoms in total. The quantitative estimate of drug-likeness (QED) is 0.100. The Balaban J connectivity index is 0.998. The predicted octanol–water partition coefficient (Wildman–Crippen LogP) is 8.56. The number of anilines is 3. The second kappa shape index (κ2) is 20.5. The monoisotopic (exact) mass is 956 g/mol. The maximum absolute atomic E-state index is 14.7. The number of alkyl halides is 3. The number of hydrogen-bond donors (Lipinski definition) is 3. The molecule has 1 aliphatic carbocycles. The summed E-state index contributed by atoms with van der Waals surface area (Å²) in [6.07, 6.45) is -1.68. The molecule has 18 heteroatoms. The number of hydrogen-bond acceptors (Lipinski definition) is 10. The van der Waals surface area contributed by atoms with Crippen molar-refractivity contribution >= 4 is 60.2 Å². The third-order valence-electron chi connectivity index (χ3n) is 12.2. The van der Waals surface area contributed by atoms with Crippen LogP contribution in [0.25, 0.3) is 5.57 Å². The Morgan fingerprint density at radius 3 is 2.18 bits per heavy atom. The van der Waals surface area contributed by atoms with Gasteiger partial charge in [-0.2, -0.15) is 13.2 Å². The minimum Gasteiger partial charge on any atom is -0.379 e. The molecule has 0 bridgehead atoms. The van der Waals surface area contributed by atoms with Crippen LogP contribution in [0.4, 0.5) is 30.2 Å². The fourth-order valence-corrected chi connectivity index (χ4v) is 11.1. The van der Waals surface area contributed by atoms with Gasteiger partial charge in [-0.3, -0.25) is 19.3 Å². The second-order valence-electron chi connectivity index (χ2n) is 17.6. The van der Waals surface area contributed by atoms with Gasteiger partial charge in [-0.1, -0.05) is 61.4 Å². The molecular weight excluding hydrogens is 901 g/mol. The van der Waals surface area contributed by atoms with Crippen LogP contribution in [0.2, 0.25) is 5.02 Å². The summed E-state index contributed by atoms with van der Waals surface area (Å²) in [4.78, 5) is 19.2. The van der Waals surface area contributed by atoms with Gasteiger partial charge in [0.2, 0.25) is 0 Å². The van der Waals surface area contributed by atoms with E-state index in [9.17, 15) is 34.8 Å². The van der Waals surface area contributed by atoms with Crippen LogP contribution in [0.15, 0.2) is 108 Å². The van der Waals surface area contributed by atoms with Gasteiger partial charge in [-0.25, -0.2) is 21.6 Å². The Bertz CT molecular complexity index is 2530. The van der Waals surface area contributed by atoms with Crippen molar-refractivity contribution in [3.63, 3.8) is 0 Å². The zero-order valence-electron chi connectivity index (χ0n) is 36.5. The summed E-state index contributed by atoms with van der Waals surface area (Å²) >= 11 is 6.18. The SMILES string of the molecule is CC1(C)CCC(c2ccc(Cl)cc2)=C(CN2CCN(c3ccc(C(=O)NS(=O)(=O)c4ccc(NC(CCCN5CCOCC5)S(=O)(=O)Nc5ccccc5)c(C(F)(F)F)c4)cc3)CC2)C1. The van der Waals surface area contributed by atoms with Crippen LogP contribution in [0.5, 0.6) is 0 Å². The maximum Gasteiger partial charge on any atom is 0.418 e. The molecule has 1 atom stereocenters. The smallest absolute Gasteiger partial charge is 0.379 e. The molecular formula is C47H56ClF3N6O6S2. The normalized spacial score (nSPS) is 18.3. The first kappa shape index (κ1) is 48.3. The van der Waals surface area contributed by atoms with E-state index >= 15 is 0 Å². The van der Waals surface area contributed by atoms with E-state index < -0.39 is 53.7 Å². The van der Waals surface area contributed by atoms with Gasteiger partial charge in [0.1, 0.15) is 5.37 Å². The van der Waals surface area contributed by atoms with Gasteiger partial charge in [0.15, 0.2) is 0 Å². The van der Waals surface area contributed by atoms with Crippen molar-refractivity contribution in [2.24, 2.45) is 5.41 Å². The van der Waals surface area contributed by atoms with Crippen LogP contribution < -0.4 is 19.7 Å². The predicted molar refractivity (Wildman–Crippen MR) is 250 cm³/mol. The highest BCUT2D eigenvalue weighted by Crippen LogP contribution is 2.43. The molecule has 2 fully saturated rings. The van der Waals surface area contributed by atoms with Crippen molar-refractivity contribution < 1.29 is 39.5 Å². The summed E-state index contributed by atoms with van der Waals surface area (Å²) in [5.41, 5.74) is 3.32. The average molecular weight is 958 g/mol. The first-order chi connectivity index (χ1) is 30.8. The number of carbonyl (C=O) groups is 1. The summed E-state index contributed by atoms with van der Waals surface area (Å²) in [6, 6.07) is 24.6. The summed E-state index contributed by atoms with van der Waals surface area (Å²) in [6.45, 7) is 11.5. The number of carbonyl (C=O) groups excluding carboxylic acids is 1. The van der Waals surface area contributed by atoms with Crippen molar-refractivity contribution in [1.29, 1.82) is 0 Å². The molecule has 4 aromatic rings. The Labute approximate surface area is 385 Å². The fraction of sp³-hybridized carbons (Fsp3) is 0.426. The van der Waals surface area contributed by atoms with Gasteiger partial charge in [0.25, 0.3) is 26.0 Å². The van der Waals surface area contributed by atoms with E-state index in [0.717, 1.165) is 69.8 Å². The van der Waals surface area contributed by atoms with Crippen LogP contribution in [0.3, 0.4) is 0 Å². The number of sulfonamides is 2. The minimum absolute atomic E-state index is 0.00270. The van der Waals surface area contributed by atoms with Gasteiger partial charge < -0.3 is 15.0 Å². The lowest BCUT2D eigenvalue weighted by molar-refractivity contribution is -0.137. The third kappa shape index (κ3) is 12.8. The molecule has 350 valence electrons. The molecule has 0 aromatic heterocycles. The fourth-order valence-electron chi connectivity index (χ4n) is 8.66. The Morgan fingerprint density at radius 2 is 1.52 bits per heavy atom. The standard InChI is InChI=1S/C47H56ClF3N6O6S2/c1-46(2)21-20-41(34-10-14-37(48)15-11-34)36(32-46)33-56-23-25-57(26-24-56)39-16-12-35(13-17-39)45(58)54-64(59,60)40-18-19-43(42(31-40)47(49,50)51)52-44(9-6-22-55-27-29-63-30-28-55)65(61,62)53-38-7-4-3-5-8-38/h3-5,7-8,10-19,31,44,52-53H,6,9,20-30,32-33H2,1-2H3,(H,54,58). The molecule has 1 amide bonds. The van der Waals surface area contributed by atoms with E-state index in [1.54, 1.807) is 30.3 Å². The van der Waals surface area contributed by atoms with Crippen LogP contribution >= 0.6 is 11.6 Å². The van der Waals surface area contributed by atoms with Gasteiger partial charge in [-0.05, 0) is 122 Å². The van der Waals surface area contributed by atoms with Crippen LogP contribution in [0.1, 0.15) is 67.4 Å². The number of allylic oxidation sites excluding steroid dienone is 1. The molecule has 0 radical (unpaired) electrons. The number of benzene rings is 4. The van der Waals surface area contributed by atoms with Crippen molar-refractivity contribution in [1.82, 2.24) is 14.5 Å². The summed E-state index contributed by atoms with van der Waals surface area (Å²) in [5, 5.41) is 1.74. The first-order valence-corrected chi connectivity index (χ1v) is 25.2. The van der Waals surface area contributed by atoms with Gasteiger partial charge >= 0.3 is 6.18 Å². The zero-order valence-corrected chi connectivity index (χ0v) is 38.9. The van der Waals surface area contributed by atoms with Crippen molar-refractivity contribution in [3.05, 3.63) is 124 Å². The third-order valence-corrected chi connectivity index (χ3v) is 15.5. The molecule has 2 heterocycles. The molecule has 0 saturated carbocycles. The minimum atomic E-state index is -5.10. The number of para-hydroxylation sites is 1. The van der Waals surface area contributed by atoms with Crippen molar-refractivity contribution in [2.45, 2.75) is 62.4 Å². The number of halogens is 4. The molecule has 2 aliphatic heterocycles. The number of rotatable bonds is 16. The van der Waals surface area contributed by atoms with E-state index in [1.807, 2.05) is 16.9 Å². The topological polar surface area (TPSA) is 140 Å². The van der Waals surface area contributed by atoms with Gasteiger partial charge in [0.05, 0.1) is 23.7 Å². The van der Waals surface area contributed by atoms with Crippen molar-refractivity contribution in [2.75, 3.05) is 80.5 Å². The highest BCUT2D eigenvalue weighted by atomic mass is 35.5. The number of morpholine rings is 1. The van der Waals surface area contributed by atoms with Crippen molar-refractivity contribution in [3.8, 4) is 0 Å². The van der Waals surface area contributed by atoms with E-state index in [4.69, 9.17) is 16.3 Å². The van der Waals surface area contributed by atoms with Crippen LogP contribution in [-0.4, -0.2) is 103 Å². The number of ether oxygens (including phenoxy) is 1. The lowest BCUT2D eigenvalue weighted by Crippen LogP contribution is -2.47. The zero-order chi connectivity index (χ0) is 46.4. The molecule has 3 N–H and O–H groups in total. The second-order valence-corrected chi connectivity index (χ2v) is 21.6. The maximum atomic E-state index is 14.7. The van der Waals surface area contributed by atoms with E-state index in [-0.39, 0.29) is 23.1 Å². The molecule has 0 spiro atoms. The lowest BCUT2D eigenvalue weighted by atomic mass is 9.73. The summed E-state index contributed by atoms with van der Waals surface area (Å²) < 4.78 is 108. The molecule has 3 aliphatic rings. The number of nitrogens with one attached hydrogen (secondary N) is 3. The molecule has 2 saturated heterocycles. The van der Waals surface area contributed by atoms with Crippen LogP contribution in [0, 0.1) is 5.41 Å². The number of amides is 1. The summed E-state index contributed by atoms with van der Waals surface area (Å²) in [7, 11) is -9.13. The molecule has 4 aromatic carbocycles. The lowest BCUT2D eigenvalue weighted by Gasteiger charge is -2.39. The Kier molecular flexibility index (Phi) is 15.2. The van der Waals surface area contributed by atoms with Gasteiger partial charge in [-0.15, -0.1) is 0 Å². The number of nitrogens with zero attached hydrogens (tertiary/aromatic N) is 3. The van der Waals surface area contributed by atoms with Crippen LogP contribution in [-0.2, 0) is 31.0 Å². The Morgan fingerprint density at radius 1 is 0.846 bits per heavy atom. The van der Waals surface area contributed by atoms with E-state index in [1.165, 1.54) is 41.0 Å². The molecule has 1 unspecified atom stereocenters. The first-order valence-electron chi connectivity index (χ1n) is 21.8. The highest BCUT2D eigenvalue weighted by Gasteiger charge is 2.37. The van der Waals surface area contributed by atoms with E-state index in [0.29, 0.717) is 50.4 Å². The van der Waals surface area contributed by atoms with Gasteiger partial charge in [0, 0.05) is 73.5 Å². The Hall–Kier alpha value is -4.65. The van der Waals surface area contributed by atoms with E-state index in [2.05, 4.69) is 50.7 Å². The highest BCUT2D eigenvalue weighted by molar-refractivity contribution is 7.93. The molecule has 65 heavy (non-hydrogen) atoms. The average Bonchev–Trinajstić information content (AvgIpc) is 3.27. The number of piperazine rings is 1. The molecule has 7 rings (SSSR count).